The van der Waals surface area contributed by atoms with Crippen molar-refractivity contribution >= 4 is 11.9 Å². The highest BCUT2D eigenvalue weighted by Crippen LogP contribution is 2.27. The van der Waals surface area contributed by atoms with E-state index in [4.69, 9.17) is 4.74 Å². The van der Waals surface area contributed by atoms with E-state index in [-0.39, 0.29) is 12.5 Å². The van der Waals surface area contributed by atoms with E-state index in [1.54, 1.807) is 12.4 Å². The molecule has 0 atom stereocenters. The van der Waals surface area contributed by atoms with Crippen LogP contribution < -0.4 is 15.0 Å². The molecular weight excluding hydrogens is 366 g/mol. The maximum atomic E-state index is 12.2. The van der Waals surface area contributed by atoms with Gasteiger partial charge in [-0.15, -0.1) is 0 Å². The summed E-state index contributed by atoms with van der Waals surface area (Å²) in [6.07, 6.45) is 3.54. The monoisotopic (exact) mass is 397 g/mol. The van der Waals surface area contributed by atoms with Crippen LogP contribution in [0.5, 0.6) is 5.75 Å². The van der Waals surface area contributed by atoms with Crippen LogP contribution in [0.25, 0.3) is 0 Å². The van der Waals surface area contributed by atoms with Gasteiger partial charge in [-0.1, -0.05) is 26.0 Å². The van der Waals surface area contributed by atoms with Gasteiger partial charge < -0.3 is 15.0 Å². The van der Waals surface area contributed by atoms with Crippen molar-refractivity contribution < 1.29 is 9.53 Å². The lowest BCUT2D eigenvalue weighted by atomic mass is 10.0. The number of benzene rings is 1. The maximum Gasteiger partial charge on any atom is 0.257 e. The van der Waals surface area contributed by atoms with Crippen LogP contribution in [0.1, 0.15) is 30.9 Å². The van der Waals surface area contributed by atoms with Gasteiger partial charge in [0.2, 0.25) is 5.95 Å². The Morgan fingerprint density at radius 2 is 1.90 bits per heavy atom. The second kappa shape index (κ2) is 10.2. The van der Waals surface area contributed by atoms with Gasteiger partial charge in [0.15, 0.2) is 6.61 Å². The minimum atomic E-state index is -0.0856. The summed E-state index contributed by atoms with van der Waals surface area (Å²) in [5, 5.41) is 2.96. The number of aromatic nitrogens is 2. The zero-order valence-electron chi connectivity index (χ0n) is 17.6. The lowest BCUT2D eigenvalue weighted by Gasteiger charge is -2.34. The van der Waals surface area contributed by atoms with Crippen LogP contribution in [-0.2, 0) is 4.79 Å². The van der Waals surface area contributed by atoms with Gasteiger partial charge in [0.1, 0.15) is 5.75 Å². The molecule has 0 saturated carbocycles. The summed E-state index contributed by atoms with van der Waals surface area (Å²) in [7, 11) is 0. The molecule has 1 fully saturated rings. The minimum Gasteiger partial charge on any atom is -0.483 e. The fourth-order valence-corrected chi connectivity index (χ4v) is 3.42. The quantitative estimate of drug-likeness (QED) is 0.737. The molecule has 0 radical (unpaired) electrons. The molecular formula is C22H31N5O2. The second-order valence-corrected chi connectivity index (χ2v) is 7.71. The number of rotatable bonds is 8. The summed E-state index contributed by atoms with van der Waals surface area (Å²) < 4.78 is 5.80. The van der Waals surface area contributed by atoms with Crippen molar-refractivity contribution in [2.45, 2.75) is 26.7 Å². The van der Waals surface area contributed by atoms with Crippen molar-refractivity contribution in [1.29, 1.82) is 0 Å². The maximum absolute atomic E-state index is 12.2. The third kappa shape index (κ3) is 6.15. The Kier molecular flexibility index (Phi) is 7.41. The van der Waals surface area contributed by atoms with Crippen molar-refractivity contribution in [3.63, 3.8) is 0 Å². The first-order valence-electron chi connectivity index (χ1n) is 10.3. The van der Waals surface area contributed by atoms with E-state index in [0.29, 0.717) is 12.5 Å². The first-order chi connectivity index (χ1) is 14.0. The third-order valence-electron chi connectivity index (χ3n) is 5.11. The molecule has 7 nitrogen and oxygen atoms in total. The number of ether oxygens (including phenoxy) is 1. The lowest BCUT2D eigenvalue weighted by Crippen LogP contribution is -2.49. The first kappa shape index (κ1) is 21.0. The average Bonchev–Trinajstić information content (AvgIpc) is 2.73. The molecule has 156 valence electrons. The number of piperazine rings is 1. The van der Waals surface area contributed by atoms with Gasteiger partial charge >= 0.3 is 0 Å². The molecule has 0 unspecified atom stereocenters. The number of carbonyl (C=O) groups is 1. The number of hydrogen-bond acceptors (Lipinski definition) is 6. The molecule has 1 amide bonds. The molecule has 0 bridgehead atoms. The van der Waals surface area contributed by atoms with Crippen molar-refractivity contribution in [3.8, 4) is 5.75 Å². The van der Waals surface area contributed by atoms with E-state index in [9.17, 15) is 4.79 Å². The minimum absolute atomic E-state index is 0.0439. The van der Waals surface area contributed by atoms with Crippen LogP contribution in [0.2, 0.25) is 0 Å². The molecule has 3 rings (SSSR count). The number of aryl methyl sites for hydroxylation is 1. The molecule has 7 heteroatoms. The molecule has 0 spiro atoms. The Bertz CT molecular complexity index is 789. The van der Waals surface area contributed by atoms with Crippen molar-refractivity contribution in [2.75, 3.05) is 50.8 Å². The van der Waals surface area contributed by atoms with Crippen LogP contribution in [0.3, 0.4) is 0 Å². The zero-order valence-corrected chi connectivity index (χ0v) is 17.6. The lowest BCUT2D eigenvalue weighted by molar-refractivity contribution is -0.123. The SMILES string of the molecule is Cc1ccc(C(C)C)c(OCC(=O)NCCN2CCN(c3ncccn3)CC2)c1. The van der Waals surface area contributed by atoms with Gasteiger partial charge in [-0.25, -0.2) is 9.97 Å². The van der Waals surface area contributed by atoms with Crippen molar-refractivity contribution in [3.05, 3.63) is 47.8 Å². The van der Waals surface area contributed by atoms with Crippen LogP contribution in [0.15, 0.2) is 36.7 Å². The largest absolute Gasteiger partial charge is 0.483 e. The summed E-state index contributed by atoms with van der Waals surface area (Å²) >= 11 is 0. The fraction of sp³-hybridized carbons (Fsp3) is 0.500. The number of carbonyl (C=O) groups excluding carboxylic acids is 1. The summed E-state index contributed by atoms with van der Waals surface area (Å²) in [6, 6.07) is 7.98. The fourth-order valence-electron chi connectivity index (χ4n) is 3.42. The molecule has 2 heterocycles. The van der Waals surface area contributed by atoms with E-state index >= 15 is 0 Å². The van der Waals surface area contributed by atoms with Gasteiger partial charge in [-0.05, 0) is 36.1 Å². The smallest absolute Gasteiger partial charge is 0.257 e. The number of hydrogen-bond donors (Lipinski definition) is 1. The zero-order chi connectivity index (χ0) is 20.6. The standard InChI is InChI=1S/C22H31N5O2/c1-17(2)19-6-5-18(3)15-20(19)29-16-21(28)23-9-10-26-11-13-27(14-12-26)22-24-7-4-8-25-22/h4-8,15,17H,9-14,16H2,1-3H3,(H,23,28). The van der Waals surface area contributed by atoms with E-state index in [1.807, 2.05) is 19.1 Å². The molecule has 1 aliphatic rings. The second-order valence-electron chi connectivity index (χ2n) is 7.71. The normalized spacial score (nSPS) is 14.8. The predicted octanol–water partition coefficient (Wildman–Crippen LogP) is 2.23. The van der Waals surface area contributed by atoms with Gasteiger partial charge in [0.05, 0.1) is 0 Å². The van der Waals surface area contributed by atoms with Gasteiger partial charge in [-0.2, -0.15) is 0 Å². The topological polar surface area (TPSA) is 70.6 Å². The Morgan fingerprint density at radius 1 is 1.17 bits per heavy atom. The molecule has 29 heavy (non-hydrogen) atoms. The highest BCUT2D eigenvalue weighted by molar-refractivity contribution is 5.77. The van der Waals surface area contributed by atoms with Crippen LogP contribution in [-0.4, -0.2) is 66.7 Å². The predicted molar refractivity (Wildman–Crippen MR) is 114 cm³/mol. The summed E-state index contributed by atoms with van der Waals surface area (Å²) in [5.74, 6) is 1.86. The Hall–Kier alpha value is -2.67. The van der Waals surface area contributed by atoms with Gasteiger partial charge in [0, 0.05) is 51.7 Å². The summed E-state index contributed by atoms with van der Waals surface area (Å²) in [4.78, 5) is 25.3. The number of anilines is 1. The van der Waals surface area contributed by atoms with Crippen molar-refractivity contribution in [1.82, 2.24) is 20.2 Å². The Labute approximate surface area is 173 Å². The van der Waals surface area contributed by atoms with E-state index in [2.05, 4.69) is 51.1 Å². The molecule has 1 saturated heterocycles. The molecule has 1 aliphatic heterocycles. The Morgan fingerprint density at radius 3 is 2.59 bits per heavy atom. The van der Waals surface area contributed by atoms with Crippen LogP contribution in [0, 0.1) is 6.92 Å². The Balaban J connectivity index is 1.36. The summed E-state index contributed by atoms with van der Waals surface area (Å²) in [5.41, 5.74) is 2.26. The molecule has 1 N–H and O–H groups in total. The highest BCUT2D eigenvalue weighted by atomic mass is 16.5. The molecule has 1 aromatic carbocycles. The van der Waals surface area contributed by atoms with E-state index in [0.717, 1.165) is 55.5 Å². The molecule has 2 aromatic rings. The highest BCUT2D eigenvalue weighted by Gasteiger charge is 2.18. The number of nitrogens with zero attached hydrogens (tertiary/aromatic N) is 4. The number of nitrogens with one attached hydrogen (secondary N) is 1. The average molecular weight is 398 g/mol. The molecule has 0 aliphatic carbocycles. The molecule has 1 aromatic heterocycles. The van der Waals surface area contributed by atoms with Crippen LogP contribution in [0.4, 0.5) is 5.95 Å². The van der Waals surface area contributed by atoms with E-state index < -0.39 is 0 Å². The first-order valence-corrected chi connectivity index (χ1v) is 10.3. The summed E-state index contributed by atoms with van der Waals surface area (Å²) in [6.45, 7) is 11.4. The van der Waals surface area contributed by atoms with E-state index in [1.165, 1.54) is 0 Å². The third-order valence-corrected chi connectivity index (χ3v) is 5.11. The van der Waals surface area contributed by atoms with Gasteiger partial charge in [-0.3, -0.25) is 9.69 Å². The van der Waals surface area contributed by atoms with Crippen LogP contribution >= 0.6 is 0 Å². The number of amides is 1. The van der Waals surface area contributed by atoms with Crippen molar-refractivity contribution in [2.24, 2.45) is 0 Å². The van der Waals surface area contributed by atoms with Gasteiger partial charge in [0.25, 0.3) is 5.91 Å².